The SMILES string of the molecule is CCN(CC)CCNc1c(C(C)=O)nnn1-c1ccccc1. The third kappa shape index (κ3) is 3.71. The van der Waals surface area contributed by atoms with E-state index in [-0.39, 0.29) is 5.78 Å². The molecule has 0 saturated heterocycles. The van der Waals surface area contributed by atoms with Crippen LogP contribution >= 0.6 is 0 Å². The molecular weight excluding hydrogens is 278 g/mol. The number of hydrogen-bond donors (Lipinski definition) is 1. The van der Waals surface area contributed by atoms with E-state index in [1.54, 1.807) is 4.68 Å². The second-order valence-electron chi connectivity index (χ2n) is 5.04. The molecular formula is C16H23N5O. The molecule has 0 aliphatic rings. The lowest BCUT2D eigenvalue weighted by Gasteiger charge is -2.18. The molecule has 1 heterocycles. The molecule has 22 heavy (non-hydrogen) atoms. The lowest BCUT2D eigenvalue weighted by atomic mass is 10.3. The summed E-state index contributed by atoms with van der Waals surface area (Å²) in [5.41, 5.74) is 1.26. The Balaban J connectivity index is 2.20. The highest BCUT2D eigenvalue weighted by Gasteiger charge is 2.17. The van der Waals surface area contributed by atoms with Gasteiger partial charge in [0.25, 0.3) is 0 Å². The summed E-state index contributed by atoms with van der Waals surface area (Å²) in [6.45, 7) is 9.45. The van der Waals surface area contributed by atoms with Gasteiger partial charge < -0.3 is 10.2 Å². The monoisotopic (exact) mass is 301 g/mol. The second-order valence-corrected chi connectivity index (χ2v) is 5.04. The molecule has 0 atom stereocenters. The minimum atomic E-state index is -0.0903. The van der Waals surface area contributed by atoms with Gasteiger partial charge in [-0.15, -0.1) is 5.10 Å². The van der Waals surface area contributed by atoms with Gasteiger partial charge in [-0.3, -0.25) is 4.79 Å². The van der Waals surface area contributed by atoms with Crippen LogP contribution in [0.4, 0.5) is 5.82 Å². The molecule has 0 unspecified atom stereocenters. The first-order valence-corrected chi connectivity index (χ1v) is 7.65. The van der Waals surface area contributed by atoms with Gasteiger partial charge in [0.15, 0.2) is 17.3 Å². The van der Waals surface area contributed by atoms with Gasteiger partial charge in [-0.05, 0) is 25.2 Å². The molecule has 6 heteroatoms. The highest BCUT2D eigenvalue weighted by Crippen LogP contribution is 2.18. The van der Waals surface area contributed by atoms with Crippen LogP contribution in [0.2, 0.25) is 0 Å². The van der Waals surface area contributed by atoms with E-state index in [9.17, 15) is 4.79 Å². The van der Waals surface area contributed by atoms with Crippen molar-refractivity contribution in [3.8, 4) is 5.69 Å². The van der Waals surface area contributed by atoms with Gasteiger partial charge in [-0.2, -0.15) is 4.68 Å². The van der Waals surface area contributed by atoms with Crippen LogP contribution in [0.5, 0.6) is 0 Å². The van der Waals surface area contributed by atoms with Crippen LogP contribution in [0.1, 0.15) is 31.3 Å². The third-order valence-corrected chi connectivity index (χ3v) is 3.62. The average Bonchev–Trinajstić information content (AvgIpc) is 2.96. The molecule has 0 aliphatic heterocycles. The smallest absolute Gasteiger partial charge is 0.183 e. The Morgan fingerprint density at radius 2 is 1.91 bits per heavy atom. The molecule has 0 saturated carbocycles. The molecule has 1 aromatic carbocycles. The van der Waals surface area contributed by atoms with E-state index in [1.165, 1.54) is 6.92 Å². The quantitative estimate of drug-likeness (QED) is 0.758. The first-order valence-electron chi connectivity index (χ1n) is 7.65. The summed E-state index contributed by atoms with van der Waals surface area (Å²) in [4.78, 5) is 14.1. The molecule has 0 spiro atoms. The molecule has 0 radical (unpaired) electrons. The minimum Gasteiger partial charge on any atom is -0.367 e. The fourth-order valence-electron chi connectivity index (χ4n) is 2.30. The Hall–Kier alpha value is -2.21. The number of aromatic nitrogens is 3. The summed E-state index contributed by atoms with van der Waals surface area (Å²) >= 11 is 0. The zero-order chi connectivity index (χ0) is 15.9. The van der Waals surface area contributed by atoms with Crippen LogP contribution in [0.3, 0.4) is 0 Å². The molecule has 2 rings (SSSR count). The number of nitrogens with one attached hydrogen (secondary N) is 1. The number of ketones is 1. The lowest BCUT2D eigenvalue weighted by molar-refractivity contribution is 0.101. The average molecular weight is 301 g/mol. The Morgan fingerprint density at radius 3 is 2.50 bits per heavy atom. The van der Waals surface area contributed by atoms with Gasteiger partial charge in [0.2, 0.25) is 0 Å². The third-order valence-electron chi connectivity index (χ3n) is 3.62. The molecule has 6 nitrogen and oxygen atoms in total. The predicted molar refractivity (Wildman–Crippen MR) is 87.6 cm³/mol. The first kappa shape index (κ1) is 16.2. The maximum atomic E-state index is 11.8. The van der Waals surface area contributed by atoms with Gasteiger partial charge in [0, 0.05) is 20.0 Å². The standard InChI is InChI=1S/C16H23N5O/c1-4-20(5-2)12-11-17-16-15(13(3)22)18-19-21(16)14-9-7-6-8-10-14/h6-10,17H,4-5,11-12H2,1-3H3. The maximum Gasteiger partial charge on any atom is 0.183 e. The van der Waals surface area contributed by atoms with Gasteiger partial charge >= 0.3 is 0 Å². The van der Waals surface area contributed by atoms with Crippen molar-refractivity contribution in [2.24, 2.45) is 0 Å². The molecule has 118 valence electrons. The van der Waals surface area contributed by atoms with Crippen molar-refractivity contribution in [3.05, 3.63) is 36.0 Å². The van der Waals surface area contributed by atoms with Crippen molar-refractivity contribution >= 4 is 11.6 Å². The largest absolute Gasteiger partial charge is 0.367 e. The van der Waals surface area contributed by atoms with Crippen LogP contribution in [0.15, 0.2) is 30.3 Å². The maximum absolute atomic E-state index is 11.8. The van der Waals surface area contributed by atoms with Gasteiger partial charge in [0.05, 0.1) is 5.69 Å². The summed E-state index contributed by atoms with van der Waals surface area (Å²) < 4.78 is 1.68. The number of para-hydroxylation sites is 1. The number of carbonyl (C=O) groups is 1. The zero-order valence-electron chi connectivity index (χ0n) is 13.4. The van der Waals surface area contributed by atoms with Gasteiger partial charge in [0.1, 0.15) is 0 Å². The Bertz CT molecular complexity index is 604. The van der Waals surface area contributed by atoms with Crippen LogP contribution < -0.4 is 5.32 Å². The summed E-state index contributed by atoms with van der Waals surface area (Å²) in [6, 6.07) is 9.69. The van der Waals surface area contributed by atoms with E-state index in [4.69, 9.17) is 0 Å². The summed E-state index contributed by atoms with van der Waals surface area (Å²) in [5, 5.41) is 11.4. The number of nitrogens with zero attached hydrogens (tertiary/aromatic N) is 4. The minimum absolute atomic E-state index is 0.0903. The van der Waals surface area contributed by atoms with Gasteiger partial charge in [-0.1, -0.05) is 37.3 Å². The summed E-state index contributed by atoms with van der Waals surface area (Å²) in [5.74, 6) is 0.568. The number of Topliss-reactive ketones (excluding diaryl/α,β-unsaturated/α-hetero) is 1. The topological polar surface area (TPSA) is 63.1 Å². The van der Waals surface area contributed by atoms with Crippen LogP contribution in [-0.2, 0) is 0 Å². The van der Waals surface area contributed by atoms with E-state index in [0.717, 1.165) is 31.9 Å². The lowest BCUT2D eigenvalue weighted by Crippen LogP contribution is -2.29. The Kier molecular flexibility index (Phi) is 5.66. The zero-order valence-corrected chi connectivity index (χ0v) is 13.4. The Morgan fingerprint density at radius 1 is 1.23 bits per heavy atom. The number of likely N-dealkylation sites (N-methyl/N-ethyl adjacent to an activating group) is 1. The number of anilines is 1. The highest BCUT2D eigenvalue weighted by atomic mass is 16.1. The molecule has 1 N–H and O–H groups in total. The van der Waals surface area contributed by atoms with E-state index >= 15 is 0 Å². The Labute approximate surface area is 131 Å². The van der Waals surface area contributed by atoms with Crippen molar-refractivity contribution in [3.63, 3.8) is 0 Å². The van der Waals surface area contributed by atoms with E-state index in [1.807, 2.05) is 30.3 Å². The fourth-order valence-corrected chi connectivity index (χ4v) is 2.30. The molecule has 1 aromatic heterocycles. The predicted octanol–water partition coefficient (Wildman–Crippen LogP) is 2.22. The van der Waals surface area contributed by atoms with Gasteiger partial charge in [-0.25, -0.2) is 0 Å². The summed E-state index contributed by atoms with van der Waals surface area (Å²) in [7, 11) is 0. The molecule has 0 amide bonds. The second kappa shape index (κ2) is 7.70. The van der Waals surface area contributed by atoms with Crippen molar-refractivity contribution < 1.29 is 4.79 Å². The van der Waals surface area contributed by atoms with E-state index < -0.39 is 0 Å². The van der Waals surface area contributed by atoms with Crippen molar-refractivity contribution in [1.29, 1.82) is 0 Å². The van der Waals surface area contributed by atoms with Crippen LogP contribution in [-0.4, -0.2) is 51.9 Å². The number of benzene rings is 1. The highest BCUT2D eigenvalue weighted by molar-refractivity contribution is 5.96. The number of rotatable bonds is 8. The van der Waals surface area contributed by atoms with E-state index in [2.05, 4.69) is 34.4 Å². The summed E-state index contributed by atoms with van der Waals surface area (Å²) in [6.07, 6.45) is 0. The first-order chi connectivity index (χ1) is 10.7. The van der Waals surface area contributed by atoms with Crippen LogP contribution in [0, 0.1) is 0 Å². The number of carbonyl (C=O) groups excluding carboxylic acids is 1. The van der Waals surface area contributed by atoms with Crippen molar-refractivity contribution in [2.75, 3.05) is 31.5 Å². The fraction of sp³-hybridized carbons (Fsp3) is 0.438. The van der Waals surface area contributed by atoms with Crippen molar-refractivity contribution in [2.45, 2.75) is 20.8 Å². The molecule has 0 aliphatic carbocycles. The molecule has 0 fully saturated rings. The van der Waals surface area contributed by atoms with E-state index in [0.29, 0.717) is 11.5 Å². The van der Waals surface area contributed by atoms with Crippen molar-refractivity contribution in [1.82, 2.24) is 19.9 Å². The molecule has 2 aromatic rings. The number of hydrogen-bond acceptors (Lipinski definition) is 5. The molecule has 0 bridgehead atoms. The normalized spacial score (nSPS) is 10.9. The van der Waals surface area contributed by atoms with Crippen LogP contribution in [0.25, 0.3) is 5.69 Å².